The van der Waals surface area contributed by atoms with Crippen LogP contribution < -0.4 is 16.0 Å². The minimum absolute atomic E-state index is 0. The zero-order valence-electron chi connectivity index (χ0n) is 12.9. The van der Waals surface area contributed by atoms with Crippen LogP contribution in [0.3, 0.4) is 0 Å². The number of carbonyl (C=O) groups is 1. The van der Waals surface area contributed by atoms with Gasteiger partial charge in [-0.15, -0.1) is 24.8 Å². The van der Waals surface area contributed by atoms with Crippen molar-refractivity contribution in [3.63, 3.8) is 0 Å². The molecule has 0 unspecified atom stereocenters. The topological polar surface area (TPSA) is 66.0 Å². The largest absolute Gasteiger partial charge is 0.417 e. The Morgan fingerprint density at radius 3 is 2.46 bits per heavy atom. The van der Waals surface area contributed by atoms with Crippen LogP contribution in [0, 0.1) is 0 Å². The van der Waals surface area contributed by atoms with E-state index in [1.165, 1.54) is 0 Å². The van der Waals surface area contributed by atoms with Crippen LogP contribution in [0.1, 0.15) is 18.4 Å². The van der Waals surface area contributed by atoms with Crippen molar-refractivity contribution >= 4 is 48.1 Å². The number of hydrogen-bond acceptors (Lipinski definition) is 4. The van der Waals surface area contributed by atoms with Gasteiger partial charge in [0, 0.05) is 25.7 Å². The maximum Gasteiger partial charge on any atom is 0.417 e. The Morgan fingerprint density at radius 2 is 1.92 bits per heavy atom. The highest BCUT2D eigenvalue weighted by Gasteiger charge is 2.31. The highest BCUT2D eigenvalue weighted by molar-refractivity contribution is 6.32. The van der Waals surface area contributed by atoms with Gasteiger partial charge in [-0.2, -0.15) is 13.2 Å². The number of anilines is 1. The van der Waals surface area contributed by atoms with Gasteiger partial charge < -0.3 is 16.0 Å². The Bertz CT molecular complexity index is 504. The summed E-state index contributed by atoms with van der Waals surface area (Å²) in [6.07, 6.45) is -2.78. The van der Waals surface area contributed by atoms with Gasteiger partial charge in [0.05, 0.1) is 10.6 Å². The first-order chi connectivity index (χ1) is 10.3. The highest BCUT2D eigenvalue weighted by atomic mass is 35.5. The number of rotatable bonds is 8. The second kappa shape index (κ2) is 12.4. The van der Waals surface area contributed by atoms with Gasteiger partial charge in [-0.25, -0.2) is 4.98 Å². The molecule has 1 heterocycles. The van der Waals surface area contributed by atoms with Crippen molar-refractivity contribution in [1.82, 2.24) is 15.6 Å². The van der Waals surface area contributed by atoms with Crippen LogP contribution in [-0.4, -0.2) is 37.6 Å². The monoisotopic (exact) mass is 410 g/mol. The predicted octanol–water partition coefficient (Wildman–Crippen LogP) is 3.13. The molecule has 0 radical (unpaired) electrons. The van der Waals surface area contributed by atoms with Gasteiger partial charge >= 0.3 is 6.18 Å². The Balaban J connectivity index is 0. The molecule has 11 heteroatoms. The van der Waals surface area contributed by atoms with E-state index in [1.54, 1.807) is 0 Å². The Hall–Kier alpha value is -0.960. The number of nitrogens with one attached hydrogen (secondary N) is 3. The minimum Gasteiger partial charge on any atom is -0.368 e. The van der Waals surface area contributed by atoms with Crippen molar-refractivity contribution in [3.8, 4) is 0 Å². The number of halogens is 6. The number of pyridine rings is 1. The summed E-state index contributed by atoms with van der Waals surface area (Å²) < 4.78 is 37.4. The van der Waals surface area contributed by atoms with Crippen LogP contribution in [0.4, 0.5) is 19.0 Å². The van der Waals surface area contributed by atoms with E-state index in [4.69, 9.17) is 11.6 Å². The average Bonchev–Trinajstić information content (AvgIpc) is 2.44. The number of carbonyl (C=O) groups excluding carboxylic acids is 1. The van der Waals surface area contributed by atoms with Crippen LogP contribution in [0.25, 0.3) is 0 Å². The third kappa shape index (κ3) is 9.36. The van der Waals surface area contributed by atoms with Crippen molar-refractivity contribution in [2.24, 2.45) is 0 Å². The molecular weight excluding hydrogens is 392 g/mol. The van der Waals surface area contributed by atoms with Crippen LogP contribution >= 0.6 is 36.4 Å². The highest BCUT2D eigenvalue weighted by Crippen LogP contribution is 2.32. The summed E-state index contributed by atoms with van der Waals surface area (Å²) in [5, 5.41) is 8.29. The molecule has 1 rings (SSSR count). The third-order valence-corrected chi connectivity index (χ3v) is 3.03. The molecule has 3 N–H and O–H groups in total. The molecule has 1 aromatic heterocycles. The first kappa shape index (κ1) is 25.3. The van der Waals surface area contributed by atoms with Gasteiger partial charge in [-0.1, -0.05) is 11.6 Å². The number of alkyl halides is 3. The SMILES string of the molecule is CNCCCNC(=O)CCNc1ncc(C(F)(F)F)cc1Cl.Cl.Cl. The molecule has 0 saturated heterocycles. The van der Waals surface area contributed by atoms with Crippen molar-refractivity contribution in [1.29, 1.82) is 0 Å². The zero-order chi connectivity index (χ0) is 16.6. The number of hydrogen-bond donors (Lipinski definition) is 3. The van der Waals surface area contributed by atoms with Crippen molar-refractivity contribution < 1.29 is 18.0 Å². The van der Waals surface area contributed by atoms with E-state index in [9.17, 15) is 18.0 Å². The molecule has 0 spiro atoms. The van der Waals surface area contributed by atoms with Crippen molar-refractivity contribution in [2.75, 3.05) is 32.0 Å². The van der Waals surface area contributed by atoms with Gasteiger partial charge in [-0.3, -0.25) is 4.79 Å². The molecule has 0 bridgehead atoms. The van der Waals surface area contributed by atoms with Gasteiger partial charge in [0.15, 0.2) is 0 Å². The van der Waals surface area contributed by atoms with Gasteiger partial charge in [0.1, 0.15) is 5.82 Å². The lowest BCUT2D eigenvalue weighted by molar-refractivity contribution is -0.137. The summed E-state index contributed by atoms with van der Waals surface area (Å²) in [6.45, 7) is 1.61. The molecule has 0 aromatic carbocycles. The summed E-state index contributed by atoms with van der Waals surface area (Å²) in [6, 6.07) is 0.800. The van der Waals surface area contributed by atoms with Crippen LogP contribution in [-0.2, 0) is 11.0 Å². The molecule has 5 nitrogen and oxygen atoms in total. The van der Waals surface area contributed by atoms with Crippen LogP contribution in [0.5, 0.6) is 0 Å². The smallest absolute Gasteiger partial charge is 0.368 e. The molecule has 24 heavy (non-hydrogen) atoms. The first-order valence-electron chi connectivity index (χ1n) is 6.72. The summed E-state index contributed by atoms with van der Waals surface area (Å²) >= 11 is 5.74. The molecule has 140 valence electrons. The second-order valence-electron chi connectivity index (χ2n) is 4.54. The van der Waals surface area contributed by atoms with Gasteiger partial charge in [-0.05, 0) is 26.1 Å². The van der Waals surface area contributed by atoms with Crippen LogP contribution in [0.2, 0.25) is 5.02 Å². The quantitative estimate of drug-likeness (QED) is 0.575. The van der Waals surface area contributed by atoms with Gasteiger partial charge in [0.2, 0.25) is 5.91 Å². The fraction of sp³-hybridized carbons (Fsp3) is 0.538. The maximum absolute atomic E-state index is 12.5. The molecule has 1 aromatic rings. The normalized spacial score (nSPS) is 10.4. The zero-order valence-corrected chi connectivity index (χ0v) is 15.3. The van der Waals surface area contributed by atoms with Gasteiger partial charge in [0.25, 0.3) is 0 Å². The lowest BCUT2D eigenvalue weighted by Crippen LogP contribution is -2.28. The fourth-order valence-corrected chi connectivity index (χ4v) is 1.83. The summed E-state index contributed by atoms with van der Waals surface area (Å²) in [5.41, 5.74) is -0.912. The van der Waals surface area contributed by atoms with E-state index in [2.05, 4.69) is 20.9 Å². The molecule has 0 aliphatic rings. The molecule has 0 aliphatic heterocycles. The number of nitrogens with zero attached hydrogens (tertiary/aromatic N) is 1. The van der Waals surface area contributed by atoms with E-state index < -0.39 is 11.7 Å². The van der Waals surface area contributed by atoms with E-state index in [0.29, 0.717) is 12.7 Å². The van der Waals surface area contributed by atoms with E-state index >= 15 is 0 Å². The number of aromatic nitrogens is 1. The fourth-order valence-electron chi connectivity index (χ4n) is 1.60. The van der Waals surface area contributed by atoms with E-state index in [-0.39, 0.29) is 54.5 Å². The Morgan fingerprint density at radius 1 is 1.25 bits per heavy atom. The minimum atomic E-state index is -4.48. The maximum atomic E-state index is 12.5. The van der Waals surface area contributed by atoms with Crippen molar-refractivity contribution in [3.05, 3.63) is 22.8 Å². The summed E-state index contributed by atoms with van der Waals surface area (Å²) in [4.78, 5) is 15.1. The molecular formula is C13H20Cl3F3N4O. The number of amides is 1. The molecule has 1 amide bonds. The van der Waals surface area contributed by atoms with E-state index in [1.807, 2.05) is 7.05 Å². The standard InChI is InChI=1S/C13H18ClF3N4O.2ClH/c1-18-4-2-5-19-11(22)3-6-20-12-10(14)7-9(8-21-12)13(15,16)17;;/h7-8,18H,2-6H2,1H3,(H,19,22)(H,20,21);2*1H. The summed E-state index contributed by atoms with van der Waals surface area (Å²) in [7, 11) is 1.83. The second-order valence-corrected chi connectivity index (χ2v) is 4.94. The average molecular weight is 412 g/mol. The van der Waals surface area contributed by atoms with Crippen LogP contribution in [0.15, 0.2) is 12.3 Å². The molecule has 0 atom stereocenters. The lowest BCUT2D eigenvalue weighted by atomic mass is 10.2. The van der Waals surface area contributed by atoms with E-state index in [0.717, 1.165) is 19.0 Å². The third-order valence-electron chi connectivity index (χ3n) is 2.74. The molecule has 0 aliphatic carbocycles. The summed E-state index contributed by atoms with van der Waals surface area (Å²) in [5.74, 6) is -0.0238. The lowest BCUT2D eigenvalue weighted by Gasteiger charge is -2.11. The molecule has 0 fully saturated rings. The molecule has 0 saturated carbocycles. The van der Waals surface area contributed by atoms with Crippen molar-refractivity contribution in [2.45, 2.75) is 19.0 Å². The predicted molar refractivity (Wildman–Crippen MR) is 93.4 cm³/mol. The Labute approximate surface area is 155 Å². The first-order valence-corrected chi connectivity index (χ1v) is 7.10. The Kier molecular flexibility index (Phi) is 13.1.